The fourth-order valence-electron chi connectivity index (χ4n) is 1.82. The lowest BCUT2D eigenvalue weighted by Gasteiger charge is -2.08. The Hall–Kier alpha value is -2.27. The number of methoxy groups -OCH3 is 1. The lowest BCUT2D eigenvalue weighted by molar-refractivity contribution is 0.0599. The van der Waals surface area contributed by atoms with E-state index in [1.807, 2.05) is 25.1 Å². The van der Waals surface area contributed by atoms with Crippen molar-refractivity contribution >= 4 is 5.97 Å². The Balaban J connectivity index is 1.97. The van der Waals surface area contributed by atoms with E-state index in [-0.39, 0.29) is 5.97 Å². The molecule has 0 bridgehead atoms. The van der Waals surface area contributed by atoms with Crippen molar-refractivity contribution in [2.45, 2.75) is 20.0 Å². The van der Waals surface area contributed by atoms with Gasteiger partial charge in [-0.15, -0.1) is 0 Å². The van der Waals surface area contributed by atoms with Crippen molar-refractivity contribution in [2.24, 2.45) is 0 Å². The highest BCUT2D eigenvalue weighted by atomic mass is 16.5. The molecule has 0 radical (unpaired) electrons. The number of benzene rings is 1. The molecule has 0 unspecified atom stereocenters. The van der Waals surface area contributed by atoms with Crippen LogP contribution in [-0.2, 0) is 17.8 Å². The second kappa shape index (κ2) is 6.77. The van der Waals surface area contributed by atoms with E-state index in [9.17, 15) is 4.79 Å². The summed E-state index contributed by atoms with van der Waals surface area (Å²) >= 11 is 0. The van der Waals surface area contributed by atoms with Gasteiger partial charge in [0.25, 0.3) is 0 Å². The van der Waals surface area contributed by atoms with E-state index in [2.05, 4.69) is 15.3 Å². The van der Waals surface area contributed by atoms with Crippen LogP contribution in [0.4, 0.5) is 0 Å². The molecule has 2 rings (SSSR count). The summed E-state index contributed by atoms with van der Waals surface area (Å²) in [7, 11) is 1.38. The van der Waals surface area contributed by atoms with Crippen LogP contribution < -0.4 is 5.32 Å². The number of hydrogen-bond donors (Lipinski definition) is 1. The molecule has 0 aliphatic rings. The molecule has 2 aromatic rings. The highest BCUT2D eigenvalue weighted by molar-refractivity contribution is 5.90. The summed E-state index contributed by atoms with van der Waals surface area (Å²) in [5.74, 6) is -0.322. The molecule has 0 fully saturated rings. The maximum Gasteiger partial charge on any atom is 0.338 e. The normalized spacial score (nSPS) is 10.3. The number of esters is 1. The van der Waals surface area contributed by atoms with Gasteiger partial charge in [0.15, 0.2) is 0 Å². The maximum absolute atomic E-state index is 11.6. The second-order valence-corrected chi connectivity index (χ2v) is 4.40. The van der Waals surface area contributed by atoms with E-state index in [0.717, 1.165) is 17.0 Å². The molecule has 1 aromatic carbocycles. The van der Waals surface area contributed by atoms with Gasteiger partial charge in [-0.3, -0.25) is 9.97 Å². The first kappa shape index (κ1) is 14.1. The molecular weight excluding hydrogens is 254 g/mol. The number of carbonyl (C=O) groups is 1. The van der Waals surface area contributed by atoms with Crippen LogP contribution in [0.3, 0.4) is 0 Å². The third-order valence-corrected chi connectivity index (χ3v) is 2.88. The number of nitrogens with one attached hydrogen (secondary N) is 1. The van der Waals surface area contributed by atoms with Crippen molar-refractivity contribution in [3.8, 4) is 0 Å². The lowest BCUT2D eigenvalue weighted by Crippen LogP contribution is -2.16. The Bertz CT molecular complexity index is 582. The third kappa shape index (κ3) is 3.61. The van der Waals surface area contributed by atoms with Gasteiger partial charge < -0.3 is 10.1 Å². The van der Waals surface area contributed by atoms with Crippen LogP contribution in [0.5, 0.6) is 0 Å². The predicted molar refractivity (Wildman–Crippen MR) is 75.1 cm³/mol. The first-order chi connectivity index (χ1) is 9.70. The summed E-state index contributed by atoms with van der Waals surface area (Å²) in [5.41, 5.74) is 3.24. The second-order valence-electron chi connectivity index (χ2n) is 4.40. The van der Waals surface area contributed by atoms with Crippen LogP contribution >= 0.6 is 0 Å². The Morgan fingerprint density at radius 2 is 2.00 bits per heavy atom. The molecule has 0 amide bonds. The molecule has 0 saturated heterocycles. The summed E-state index contributed by atoms with van der Waals surface area (Å²) in [6, 6.07) is 7.38. The molecule has 0 atom stereocenters. The van der Waals surface area contributed by atoms with Crippen LogP contribution in [0.15, 0.2) is 36.7 Å². The minimum Gasteiger partial charge on any atom is -0.465 e. The number of carbonyl (C=O) groups excluding carboxylic acids is 1. The van der Waals surface area contributed by atoms with Crippen molar-refractivity contribution in [2.75, 3.05) is 7.11 Å². The van der Waals surface area contributed by atoms with Crippen LogP contribution in [0.1, 0.15) is 27.3 Å². The van der Waals surface area contributed by atoms with E-state index >= 15 is 0 Å². The maximum atomic E-state index is 11.6. The average Bonchev–Trinajstić information content (AvgIpc) is 2.49. The number of ether oxygens (including phenoxy) is 1. The van der Waals surface area contributed by atoms with Crippen molar-refractivity contribution in [3.05, 3.63) is 59.2 Å². The molecule has 0 aliphatic heterocycles. The van der Waals surface area contributed by atoms with Gasteiger partial charge in [0.1, 0.15) is 0 Å². The van der Waals surface area contributed by atoms with Crippen LogP contribution in [-0.4, -0.2) is 23.0 Å². The number of aromatic nitrogens is 2. The molecule has 1 heterocycles. The molecule has 20 heavy (non-hydrogen) atoms. The van der Waals surface area contributed by atoms with E-state index in [4.69, 9.17) is 4.74 Å². The lowest BCUT2D eigenvalue weighted by atomic mass is 10.1. The molecule has 0 spiro atoms. The predicted octanol–water partition coefficient (Wildman–Crippen LogP) is 1.86. The van der Waals surface area contributed by atoms with Gasteiger partial charge in [0.2, 0.25) is 0 Å². The van der Waals surface area contributed by atoms with Gasteiger partial charge in [-0.2, -0.15) is 0 Å². The van der Waals surface area contributed by atoms with E-state index in [0.29, 0.717) is 18.7 Å². The highest BCUT2D eigenvalue weighted by Gasteiger charge is 2.10. The van der Waals surface area contributed by atoms with Gasteiger partial charge in [-0.1, -0.05) is 18.2 Å². The first-order valence-electron chi connectivity index (χ1n) is 6.35. The van der Waals surface area contributed by atoms with Crippen LogP contribution in [0, 0.1) is 6.92 Å². The van der Waals surface area contributed by atoms with Gasteiger partial charge in [0.05, 0.1) is 24.1 Å². The SMILES string of the molecule is COC(=O)c1ccccc1CNCc1cnc(C)cn1. The Morgan fingerprint density at radius 3 is 2.70 bits per heavy atom. The average molecular weight is 271 g/mol. The Morgan fingerprint density at radius 1 is 1.20 bits per heavy atom. The van der Waals surface area contributed by atoms with E-state index in [1.165, 1.54) is 7.11 Å². The smallest absolute Gasteiger partial charge is 0.338 e. The van der Waals surface area contributed by atoms with E-state index < -0.39 is 0 Å². The standard InChI is InChI=1S/C15H17N3O2/c1-11-7-18-13(10-17-11)9-16-8-12-5-3-4-6-14(12)15(19)20-2/h3-7,10,16H,8-9H2,1-2H3. The molecule has 104 valence electrons. The fourth-order valence-corrected chi connectivity index (χ4v) is 1.82. The molecule has 5 nitrogen and oxygen atoms in total. The van der Waals surface area contributed by atoms with Gasteiger partial charge in [-0.25, -0.2) is 4.79 Å². The summed E-state index contributed by atoms with van der Waals surface area (Å²) in [6.45, 7) is 3.07. The monoisotopic (exact) mass is 271 g/mol. The van der Waals surface area contributed by atoms with Crippen LogP contribution in [0.25, 0.3) is 0 Å². The summed E-state index contributed by atoms with van der Waals surface area (Å²) in [5, 5.41) is 3.25. The van der Waals surface area contributed by atoms with Gasteiger partial charge in [-0.05, 0) is 18.6 Å². The zero-order valence-electron chi connectivity index (χ0n) is 11.6. The number of nitrogens with zero attached hydrogens (tertiary/aromatic N) is 2. The number of hydrogen-bond acceptors (Lipinski definition) is 5. The largest absolute Gasteiger partial charge is 0.465 e. The third-order valence-electron chi connectivity index (χ3n) is 2.88. The summed E-state index contributed by atoms with van der Waals surface area (Å²) in [6.07, 6.45) is 3.48. The Labute approximate surface area is 118 Å². The van der Waals surface area contributed by atoms with Gasteiger partial charge in [0, 0.05) is 25.5 Å². The molecule has 5 heteroatoms. The minimum atomic E-state index is -0.322. The van der Waals surface area contributed by atoms with Crippen molar-refractivity contribution < 1.29 is 9.53 Å². The molecule has 0 aliphatic carbocycles. The van der Waals surface area contributed by atoms with Gasteiger partial charge >= 0.3 is 5.97 Å². The highest BCUT2D eigenvalue weighted by Crippen LogP contribution is 2.10. The topological polar surface area (TPSA) is 64.1 Å². The van der Waals surface area contributed by atoms with Crippen molar-refractivity contribution in [1.29, 1.82) is 0 Å². The zero-order chi connectivity index (χ0) is 14.4. The Kier molecular flexibility index (Phi) is 4.79. The molecule has 1 aromatic heterocycles. The quantitative estimate of drug-likeness (QED) is 0.841. The summed E-state index contributed by atoms with van der Waals surface area (Å²) < 4.78 is 4.77. The zero-order valence-corrected chi connectivity index (χ0v) is 11.6. The fraction of sp³-hybridized carbons (Fsp3) is 0.267. The number of aryl methyl sites for hydroxylation is 1. The van der Waals surface area contributed by atoms with Crippen molar-refractivity contribution in [1.82, 2.24) is 15.3 Å². The molecule has 0 saturated carbocycles. The van der Waals surface area contributed by atoms with Crippen molar-refractivity contribution in [3.63, 3.8) is 0 Å². The first-order valence-corrected chi connectivity index (χ1v) is 6.35. The summed E-state index contributed by atoms with van der Waals surface area (Å²) in [4.78, 5) is 20.1. The molecular formula is C15H17N3O2. The van der Waals surface area contributed by atoms with Crippen LogP contribution in [0.2, 0.25) is 0 Å². The van der Waals surface area contributed by atoms with E-state index in [1.54, 1.807) is 18.5 Å². The molecule has 1 N–H and O–H groups in total. The minimum absolute atomic E-state index is 0.322. The number of rotatable bonds is 5.